The number of carboxylic acids is 1. The molecule has 0 saturated carbocycles. The van der Waals surface area contributed by atoms with Crippen molar-refractivity contribution in [1.82, 2.24) is 52.1 Å². The molecule has 394 valence electrons. The number of H-pyrrole nitrogens is 1. The first-order valence-corrected chi connectivity index (χ1v) is 23.8. The van der Waals surface area contributed by atoms with Crippen molar-refractivity contribution in [2.24, 2.45) is 40.9 Å². The molecule has 1 aliphatic heterocycles. The van der Waals surface area contributed by atoms with Crippen molar-refractivity contribution in [2.75, 3.05) is 19.7 Å². The Balaban J connectivity index is 2.30. The SMILES string of the molecule is CC(C)C[C@H](NC(=O)[C@@H](N)C(C)C)C(=O)N[C@H](C(=O)N[C@@H](CCCCN)C(=O)N[C@@H](CO)C(=O)N1CCC[C@H]1C(=O)N[C@@H](CC(N)=O)C(=O)N[C@@H](Cc1cnc[nH]1)C(=O)N[C@H](C(=O)O)C(C)C)C(C)C. The first-order valence-electron chi connectivity index (χ1n) is 23.8. The number of amides is 9. The topological polar surface area (TPSA) is 405 Å². The molecule has 0 aromatic carbocycles. The zero-order valence-electron chi connectivity index (χ0n) is 41.5. The molecule has 70 heavy (non-hydrogen) atoms. The lowest BCUT2D eigenvalue weighted by molar-refractivity contribution is -0.144. The summed E-state index contributed by atoms with van der Waals surface area (Å²) in [6, 6.07) is -11.7. The van der Waals surface area contributed by atoms with Gasteiger partial charge in [0.15, 0.2) is 0 Å². The van der Waals surface area contributed by atoms with Crippen molar-refractivity contribution in [2.45, 2.75) is 161 Å². The molecular formula is C45H77N13O12. The highest BCUT2D eigenvalue weighted by atomic mass is 16.4. The fourth-order valence-electron chi connectivity index (χ4n) is 7.59. The number of aromatic nitrogens is 2. The predicted molar refractivity (Wildman–Crippen MR) is 254 cm³/mol. The maximum Gasteiger partial charge on any atom is 0.326 e. The summed E-state index contributed by atoms with van der Waals surface area (Å²) in [5.41, 5.74) is 17.6. The van der Waals surface area contributed by atoms with Crippen LogP contribution in [0.4, 0.5) is 0 Å². The molecule has 0 unspecified atom stereocenters. The number of hydrogen-bond donors (Lipinski definition) is 13. The second kappa shape index (κ2) is 29.1. The van der Waals surface area contributed by atoms with Gasteiger partial charge in [-0.25, -0.2) is 9.78 Å². The summed E-state index contributed by atoms with van der Waals surface area (Å²) >= 11 is 0. The van der Waals surface area contributed by atoms with Crippen LogP contribution in [0.25, 0.3) is 0 Å². The fourth-order valence-corrected chi connectivity index (χ4v) is 7.59. The molecule has 0 bridgehead atoms. The average molecular weight is 992 g/mol. The highest BCUT2D eigenvalue weighted by Gasteiger charge is 2.41. The molecule has 1 saturated heterocycles. The second-order valence-electron chi connectivity index (χ2n) is 19.1. The van der Waals surface area contributed by atoms with E-state index in [-0.39, 0.29) is 57.0 Å². The van der Waals surface area contributed by atoms with Crippen LogP contribution < -0.4 is 54.4 Å². The van der Waals surface area contributed by atoms with Gasteiger partial charge in [-0.3, -0.25) is 43.2 Å². The third-order valence-electron chi connectivity index (χ3n) is 11.7. The Kier molecular flexibility index (Phi) is 24.9. The van der Waals surface area contributed by atoms with E-state index in [9.17, 15) is 58.2 Å². The number of carbonyl (C=O) groups is 10. The minimum atomic E-state index is -1.67. The third kappa shape index (κ3) is 18.9. The number of nitrogens with zero attached hydrogens (tertiary/aromatic N) is 2. The van der Waals surface area contributed by atoms with E-state index in [0.29, 0.717) is 18.5 Å². The monoisotopic (exact) mass is 992 g/mol. The summed E-state index contributed by atoms with van der Waals surface area (Å²) in [4.78, 5) is 141. The molecule has 2 rings (SSSR count). The standard InChI is InChI=1S/C45H77N13O12/c1-22(2)16-28(54-42(66)34(48)23(3)4)39(63)56-35(24(5)6)43(67)51-27(12-9-10-14-46)37(61)55-31(20-59)44(68)58-15-11-13-32(58)41(65)53-30(18-33(47)60)38(62)52-29(17-26-19-49-21-50-26)40(64)57-36(25(7)8)45(69)70/h19,21-25,27-32,34-36,59H,9-18,20,46,48H2,1-8H3,(H2,47,60)(H,49,50)(H,51,67)(H,52,62)(H,53,65)(H,54,66)(H,55,61)(H,56,63)(H,57,64)(H,69,70)/t27-,28-,29-,30-,31-,32-,34-,35-,36-/m0/s1. The number of rotatable bonds is 30. The zero-order chi connectivity index (χ0) is 53.0. The Morgan fingerprint density at radius 1 is 0.714 bits per heavy atom. The number of aliphatic hydroxyl groups is 1. The van der Waals surface area contributed by atoms with Crippen LogP contribution in [0.3, 0.4) is 0 Å². The van der Waals surface area contributed by atoms with E-state index in [2.05, 4.69) is 47.2 Å². The summed E-state index contributed by atoms with van der Waals surface area (Å²) in [5.74, 6) is -10.1. The summed E-state index contributed by atoms with van der Waals surface area (Å²) in [5, 5.41) is 37.9. The minimum absolute atomic E-state index is 0.0168. The summed E-state index contributed by atoms with van der Waals surface area (Å²) < 4.78 is 0. The van der Waals surface area contributed by atoms with E-state index in [4.69, 9.17) is 17.2 Å². The Hall–Kier alpha value is -6.21. The summed E-state index contributed by atoms with van der Waals surface area (Å²) in [7, 11) is 0. The molecule has 1 aromatic rings. The van der Waals surface area contributed by atoms with Crippen LogP contribution in [0.2, 0.25) is 0 Å². The van der Waals surface area contributed by atoms with Gasteiger partial charge in [-0.15, -0.1) is 0 Å². The van der Waals surface area contributed by atoms with E-state index >= 15 is 0 Å². The van der Waals surface area contributed by atoms with E-state index in [1.807, 2.05) is 13.8 Å². The van der Waals surface area contributed by atoms with Crippen LogP contribution in [0.15, 0.2) is 12.5 Å². The first kappa shape index (κ1) is 59.9. The van der Waals surface area contributed by atoms with E-state index in [1.165, 1.54) is 12.5 Å². The van der Waals surface area contributed by atoms with Crippen LogP contribution in [0.1, 0.15) is 106 Å². The van der Waals surface area contributed by atoms with Gasteiger partial charge in [0.25, 0.3) is 0 Å². The van der Waals surface area contributed by atoms with Gasteiger partial charge in [-0.1, -0.05) is 55.4 Å². The fraction of sp³-hybridized carbons (Fsp3) is 0.711. The normalized spacial score (nSPS) is 17.1. The highest BCUT2D eigenvalue weighted by Crippen LogP contribution is 2.20. The molecule has 1 aliphatic rings. The number of aliphatic carboxylic acids is 1. The van der Waals surface area contributed by atoms with Crippen LogP contribution in [0, 0.1) is 23.7 Å². The molecule has 1 aromatic heterocycles. The van der Waals surface area contributed by atoms with E-state index in [0.717, 1.165) is 4.90 Å². The summed E-state index contributed by atoms with van der Waals surface area (Å²) in [6.45, 7) is 13.1. The third-order valence-corrected chi connectivity index (χ3v) is 11.7. The number of primary amides is 1. The Labute approximate surface area is 408 Å². The minimum Gasteiger partial charge on any atom is -0.480 e. The van der Waals surface area contributed by atoms with Gasteiger partial charge in [-0.05, 0) is 68.7 Å². The van der Waals surface area contributed by atoms with Gasteiger partial charge >= 0.3 is 5.97 Å². The van der Waals surface area contributed by atoms with Crippen LogP contribution >= 0.6 is 0 Å². The molecule has 25 nitrogen and oxygen atoms in total. The number of aromatic amines is 1. The lowest BCUT2D eigenvalue weighted by atomic mass is 9.98. The predicted octanol–water partition coefficient (Wildman–Crippen LogP) is -3.24. The van der Waals surface area contributed by atoms with Gasteiger partial charge < -0.3 is 74.5 Å². The van der Waals surface area contributed by atoms with Crippen molar-refractivity contribution < 1.29 is 58.2 Å². The number of imidazole rings is 1. The van der Waals surface area contributed by atoms with E-state index in [1.54, 1.807) is 41.5 Å². The highest BCUT2D eigenvalue weighted by molar-refractivity contribution is 5.99. The molecular weight excluding hydrogens is 915 g/mol. The Morgan fingerprint density at radius 2 is 1.27 bits per heavy atom. The largest absolute Gasteiger partial charge is 0.480 e. The lowest BCUT2D eigenvalue weighted by Gasteiger charge is -2.31. The number of carboxylic acid groups (broad SMARTS) is 1. The molecule has 0 spiro atoms. The number of unbranched alkanes of at least 4 members (excludes halogenated alkanes) is 1. The molecule has 0 radical (unpaired) electrons. The average Bonchev–Trinajstić information content (AvgIpc) is 4.00. The number of likely N-dealkylation sites (tertiary alicyclic amines) is 1. The smallest absolute Gasteiger partial charge is 0.326 e. The number of nitrogens with two attached hydrogens (primary N) is 3. The van der Waals surface area contributed by atoms with Crippen LogP contribution in [-0.4, -0.2) is 158 Å². The van der Waals surface area contributed by atoms with Gasteiger partial charge in [0.2, 0.25) is 53.2 Å². The quantitative estimate of drug-likeness (QED) is 0.0337. The first-order chi connectivity index (χ1) is 32.8. The van der Waals surface area contributed by atoms with Gasteiger partial charge in [-0.2, -0.15) is 0 Å². The number of aliphatic hydroxyl groups excluding tert-OH is 1. The summed E-state index contributed by atoms with van der Waals surface area (Å²) in [6.07, 6.45) is 3.21. The zero-order valence-corrected chi connectivity index (χ0v) is 41.5. The maximum absolute atomic E-state index is 14.0. The number of hydrogen-bond acceptors (Lipinski definition) is 14. The molecule has 2 heterocycles. The molecule has 1 fully saturated rings. The molecule has 0 aliphatic carbocycles. The van der Waals surface area contributed by atoms with Gasteiger partial charge in [0, 0.05) is 24.9 Å². The maximum atomic E-state index is 14.0. The molecule has 25 heteroatoms. The van der Waals surface area contributed by atoms with Crippen molar-refractivity contribution in [3.05, 3.63) is 18.2 Å². The lowest BCUT2D eigenvalue weighted by Crippen LogP contribution is -2.61. The molecule has 9 amide bonds. The molecule has 9 atom stereocenters. The number of carbonyl (C=O) groups excluding carboxylic acids is 9. The van der Waals surface area contributed by atoms with Gasteiger partial charge in [0.1, 0.15) is 48.3 Å². The van der Waals surface area contributed by atoms with Crippen LogP contribution in [0.5, 0.6) is 0 Å². The van der Waals surface area contributed by atoms with Crippen LogP contribution in [-0.2, 0) is 54.4 Å². The number of nitrogens with one attached hydrogen (secondary N) is 8. The second-order valence-corrected chi connectivity index (χ2v) is 19.1. The van der Waals surface area contributed by atoms with Crippen molar-refractivity contribution >= 4 is 59.1 Å². The Morgan fingerprint density at radius 3 is 1.80 bits per heavy atom. The van der Waals surface area contributed by atoms with Crippen molar-refractivity contribution in [3.8, 4) is 0 Å². The van der Waals surface area contributed by atoms with E-state index < -0.39 is 138 Å². The van der Waals surface area contributed by atoms with Crippen molar-refractivity contribution in [3.63, 3.8) is 0 Å². The van der Waals surface area contributed by atoms with Gasteiger partial charge in [0.05, 0.1) is 25.4 Å². The molecule has 16 N–H and O–H groups in total. The Bertz CT molecular complexity index is 1950. The van der Waals surface area contributed by atoms with Crippen molar-refractivity contribution in [1.29, 1.82) is 0 Å².